The minimum atomic E-state index is -0.437. The molecular weight excluding hydrogens is 244 g/mol. The molecule has 1 N–H and O–H groups in total. The average molecular weight is 264 g/mol. The van der Waals surface area contributed by atoms with Crippen molar-refractivity contribution < 1.29 is 14.3 Å². The lowest BCUT2D eigenvalue weighted by Crippen LogP contribution is -2.28. The molecular formula is C14H20N2O3. The van der Waals surface area contributed by atoms with Gasteiger partial charge in [-0.05, 0) is 32.0 Å². The standard InChI is InChI=1S/C14H20N2O3/c1-3-18-13(17)12-11(5-4-7-16-12)19-10-14(2)6-8-15-9-14/h4-5,7,15H,3,6,8-10H2,1-2H3. The van der Waals surface area contributed by atoms with Crippen LogP contribution in [0.15, 0.2) is 18.3 Å². The third-order valence-corrected chi connectivity index (χ3v) is 3.27. The molecule has 2 rings (SSSR count). The van der Waals surface area contributed by atoms with E-state index in [0.29, 0.717) is 19.0 Å². The maximum Gasteiger partial charge on any atom is 0.360 e. The number of rotatable bonds is 5. The lowest BCUT2D eigenvalue weighted by molar-refractivity contribution is 0.0511. The second-order valence-electron chi connectivity index (χ2n) is 5.10. The van der Waals surface area contributed by atoms with Gasteiger partial charge in [0, 0.05) is 18.2 Å². The highest BCUT2D eigenvalue weighted by Crippen LogP contribution is 2.26. The Kier molecular flexibility index (Phi) is 4.37. The van der Waals surface area contributed by atoms with Crippen LogP contribution in [0, 0.1) is 5.41 Å². The van der Waals surface area contributed by atoms with Crippen LogP contribution in [-0.4, -0.2) is 37.3 Å². The van der Waals surface area contributed by atoms with E-state index >= 15 is 0 Å². The van der Waals surface area contributed by atoms with Crippen LogP contribution >= 0.6 is 0 Å². The van der Waals surface area contributed by atoms with Gasteiger partial charge in [-0.1, -0.05) is 6.92 Å². The van der Waals surface area contributed by atoms with Crippen molar-refractivity contribution in [1.82, 2.24) is 10.3 Å². The van der Waals surface area contributed by atoms with E-state index in [1.807, 2.05) is 0 Å². The van der Waals surface area contributed by atoms with Gasteiger partial charge in [0.05, 0.1) is 13.2 Å². The number of pyridine rings is 1. The summed E-state index contributed by atoms with van der Waals surface area (Å²) in [5, 5.41) is 3.32. The van der Waals surface area contributed by atoms with Gasteiger partial charge in [-0.25, -0.2) is 9.78 Å². The van der Waals surface area contributed by atoms with Crippen LogP contribution in [0.2, 0.25) is 0 Å². The Bertz CT molecular complexity index is 442. The normalized spacial score (nSPS) is 22.2. The van der Waals surface area contributed by atoms with Crippen LogP contribution in [0.1, 0.15) is 30.8 Å². The molecule has 104 valence electrons. The van der Waals surface area contributed by atoms with E-state index in [1.165, 1.54) is 0 Å². The molecule has 1 aromatic heterocycles. The molecule has 0 aliphatic carbocycles. The number of aromatic nitrogens is 1. The van der Waals surface area contributed by atoms with Crippen LogP contribution in [0.4, 0.5) is 0 Å². The predicted molar refractivity (Wildman–Crippen MR) is 71.3 cm³/mol. The van der Waals surface area contributed by atoms with Gasteiger partial charge in [0.25, 0.3) is 0 Å². The van der Waals surface area contributed by atoms with Crippen LogP contribution < -0.4 is 10.1 Å². The number of hydrogen-bond donors (Lipinski definition) is 1. The summed E-state index contributed by atoms with van der Waals surface area (Å²) in [6.07, 6.45) is 2.64. The van der Waals surface area contributed by atoms with Gasteiger partial charge in [0.15, 0.2) is 11.4 Å². The summed E-state index contributed by atoms with van der Waals surface area (Å²) in [4.78, 5) is 15.8. The molecule has 5 nitrogen and oxygen atoms in total. The molecule has 0 spiro atoms. The number of ether oxygens (including phenoxy) is 2. The van der Waals surface area contributed by atoms with E-state index in [2.05, 4.69) is 17.2 Å². The Morgan fingerprint density at radius 1 is 1.58 bits per heavy atom. The summed E-state index contributed by atoms with van der Waals surface area (Å²) < 4.78 is 10.8. The summed E-state index contributed by atoms with van der Waals surface area (Å²) in [7, 11) is 0. The fourth-order valence-electron chi connectivity index (χ4n) is 2.10. The highest BCUT2D eigenvalue weighted by atomic mass is 16.5. The highest BCUT2D eigenvalue weighted by Gasteiger charge is 2.30. The largest absolute Gasteiger partial charge is 0.490 e. The van der Waals surface area contributed by atoms with Crippen molar-refractivity contribution in [2.75, 3.05) is 26.3 Å². The SMILES string of the molecule is CCOC(=O)c1ncccc1OCC1(C)CCNC1. The average Bonchev–Trinajstić information content (AvgIpc) is 2.84. The number of carbonyl (C=O) groups is 1. The number of carbonyl (C=O) groups excluding carboxylic acids is 1. The maximum absolute atomic E-state index is 11.8. The maximum atomic E-state index is 11.8. The topological polar surface area (TPSA) is 60.5 Å². The number of nitrogens with one attached hydrogen (secondary N) is 1. The van der Waals surface area contributed by atoms with E-state index in [4.69, 9.17) is 9.47 Å². The first-order valence-corrected chi connectivity index (χ1v) is 6.60. The Labute approximate surface area is 113 Å². The van der Waals surface area contributed by atoms with E-state index < -0.39 is 5.97 Å². The van der Waals surface area contributed by atoms with Crippen molar-refractivity contribution in [3.05, 3.63) is 24.0 Å². The first-order valence-electron chi connectivity index (χ1n) is 6.60. The van der Waals surface area contributed by atoms with Crippen LogP contribution in [0.25, 0.3) is 0 Å². The Morgan fingerprint density at radius 3 is 3.11 bits per heavy atom. The molecule has 0 radical (unpaired) electrons. The van der Waals surface area contributed by atoms with Gasteiger partial charge in [0.1, 0.15) is 0 Å². The molecule has 5 heteroatoms. The zero-order valence-electron chi connectivity index (χ0n) is 11.4. The zero-order chi connectivity index (χ0) is 13.7. The third kappa shape index (κ3) is 3.44. The molecule has 0 aromatic carbocycles. The van der Waals surface area contributed by atoms with Crippen molar-refractivity contribution in [3.8, 4) is 5.75 Å². The quantitative estimate of drug-likeness (QED) is 0.819. The minimum absolute atomic E-state index is 0.113. The van der Waals surface area contributed by atoms with Gasteiger partial charge < -0.3 is 14.8 Å². The second-order valence-corrected chi connectivity index (χ2v) is 5.10. The lowest BCUT2D eigenvalue weighted by Gasteiger charge is -2.23. The lowest BCUT2D eigenvalue weighted by atomic mass is 9.91. The van der Waals surface area contributed by atoms with Gasteiger partial charge >= 0.3 is 5.97 Å². The number of esters is 1. The molecule has 1 aliphatic heterocycles. The molecule has 0 saturated carbocycles. The minimum Gasteiger partial charge on any atom is -0.490 e. The number of nitrogens with zero attached hydrogens (tertiary/aromatic N) is 1. The molecule has 0 amide bonds. The second kappa shape index (κ2) is 6.02. The van der Waals surface area contributed by atoms with Gasteiger partial charge in [-0.2, -0.15) is 0 Å². The van der Waals surface area contributed by atoms with Gasteiger partial charge in [-0.15, -0.1) is 0 Å². The molecule has 2 heterocycles. The van der Waals surface area contributed by atoms with Crippen LogP contribution in [0.3, 0.4) is 0 Å². The third-order valence-electron chi connectivity index (χ3n) is 3.27. The Hall–Kier alpha value is -1.62. The van der Waals surface area contributed by atoms with E-state index in [9.17, 15) is 4.79 Å². The number of hydrogen-bond acceptors (Lipinski definition) is 5. The molecule has 1 atom stereocenters. The van der Waals surface area contributed by atoms with Crippen molar-refractivity contribution in [1.29, 1.82) is 0 Å². The summed E-state index contributed by atoms with van der Waals surface area (Å²) in [6, 6.07) is 3.51. The van der Waals surface area contributed by atoms with Gasteiger partial charge in [0.2, 0.25) is 0 Å². The predicted octanol–water partition coefficient (Wildman–Crippen LogP) is 1.64. The molecule has 1 saturated heterocycles. The summed E-state index contributed by atoms with van der Waals surface area (Å²) in [5.41, 5.74) is 0.362. The van der Waals surface area contributed by atoms with Crippen LogP contribution in [0.5, 0.6) is 5.75 Å². The smallest absolute Gasteiger partial charge is 0.360 e. The fourth-order valence-corrected chi connectivity index (χ4v) is 2.10. The summed E-state index contributed by atoms with van der Waals surface area (Å²) >= 11 is 0. The van der Waals surface area contributed by atoms with Gasteiger partial charge in [-0.3, -0.25) is 0 Å². The fraction of sp³-hybridized carbons (Fsp3) is 0.571. The van der Waals surface area contributed by atoms with Crippen LogP contribution in [-0.2, 0) is 4.74 Å². The van der Waals surface area contributed by atoms with E-state index in [0.717, 1.165) is 19.5 Å². The highest BCUT2D eigenvalue weighted by molar-refractivity contribution is 5.90. The van der Waals surface area contributed by atoms with Crippen molar-refractivity contribution in [3.63, 3.8) is 0 Å². The molecule has 19 heavy (non-hydrogen) atoms. The van der Waals surface area contributed by atoms with E-state index in [-0.39, 0.29) is 11.1 Å². The van der Waals surface area contributed by atoms with Crippen molar-refractivity contribution in [2.24, 2.45) is 5.41 Å². The monoisotopic (exact) mass is 264 g/mol. The summed E-state index contributed by atoms with van der Waals surface area (Å²) in [5.74, 6) is 0.0573. The molecule has 1 aromatic rings. The first kappa shape index (κ1) is 13.8. The zero-order valence-corrected chi connectivity index (χ0v) is 11.4. The Balaban J connectivity index is 2.05. The van der Waals surface area contributed by atoms with Crippen molar-refractivity contribution >= 4 is 5.97 Å². The Morgan fingerprint density at radius 2 is 2.42 bits per heavy atom. The molecule has 1 aliphatic rings. The molecule has 0 bridgehead atoms. The summed E-state index contributed by atoms with van der Waals surface area (Å²) in [6.45, 7) is 6.79. The van der Waals surface area contributed by atoms with Crippen molar-refractivity contribution in [2.45, 2.75) is 20.3 Å². The molecule has 1 unspecified atom stereocenters. The first-order chi connectivity index (χ1) is 9.14. The molecule has 1 fully saturated rings. The van der Waals surface area contributed by atoms with E-state index in [1.54, 1.807) is 25.3 Å².